The topological polar surface area (TPSA) is 58.9 Å². The number of hydrogen-bond acceptors (Lipinski definition) is 4. The molecule has 2 N–H and O–H groups in total. The summed E-state index contributed by atoms with van der Waals surface area (Å²) < 4.78 is 10.9. The number of ether oxygens (including phenoxy) is 2. The van der Waals surface area contributed by atoms with Crippen molar-refractivity contribution in [2.24, 2.45) is 0 Å². The molecule has 4 nitrogen and oxygen atoms in total. The van der Waals surface area contributed by atoms with Crippen LogP contribution in [0.2, 0.25) is 5.02 Å². The van der Waals surface area contributed by atoms with Crippen molar-refractivity contribution in [3.8, 4) is 5.75 Å². The van der Waals surface area contributed by atoms with E-state index in [1.54, 1.807) is 25.3 Å². The standard InChI is InChI=1S/C15H16BClO4/c1-20-15-7-4-13(16(18)19)8-12(15)10-21-9-11-2-5-14(17)6-3-11/h2-8,18-19H,9-10H2,1H3. The van der Waals surface area contributed by atoms with Crippen LogP contribution >= 0.6 is 11.6 Å². The lowest BCUT2D eigenvalue weighted by atomic mass is 9.79. The van der Waals surface area contributed by atoms with Crippen LogP contribution in [0.1, 0.15) is 11.1 Å². The summed E-state index contributed by atoms with van der Waals surface area (Å²) in [5.74, 6) is 0.649. The zero-order valence-electron chi connectivity index (χ0n) is 11.6. The molecule has 0 aliphatic rings. The molecule has 21 heavy (non-hydrogen) atoms. The number of benzene rings is 2. The average molecular weight is 307 g/mol. The summed E-state index contributed by atoms with van der Waals surface area (Å²) in [5.41, 5.74) is 2.18. The summed E-state index contributed by atoms with van der Waals surface area (Å²) in [6.07, 6.45) is 0. The molecular weight excluding hydrogens is 290 g/mol. The van der Waals surface area contributed by atoms with Gasteiger partial charge in [0.25, 0.3) is 0 Å². The Kier molecular flexibility index (Phi) is 5.64. The number of rotatable bonds is 6. The summed E-state index contributed by atoms with van der Waals surface area (Å²) in [5, 5.41) is 19.1. The molecule has 0 unspecified atom stereocenters. The lowest BCUT2D eigenvalue weighted by Crippen LogP contribution is -2.30. The summed E-state index contributed by atoms with van der Waals surface area (Å²) in [6, 6.07) is 12.4. The van der Waals surface area contributed by atoms with Crippen molar-refractivity contribution in [2.45, 2.75) is 13.2 Å². The second kappa shape index (κ2) is 7.47. The minimum absolute atomic E-state index is 0.312. The van der Waals surface area contributed by atoms with Crippen molar-refractivity contribution >= 4 is 24.2 Å². The second-order valence-electron chi connectivity index (χ2n) is 4.56. The third-order valence-corrected chi connectivity index (χ3v) is 3.29. The van der Waals surface area contributed by atoms with Crippen LogP contribution in [-0.2, 0) is 18.0 Å². The lowest BCUT2D eigenvalue weighted by Gasteiger charge is -2.11. The molecule has 0 aliphatic carbocycles. The Morgan fingerprint density at radius 1 is 1.05 bits per heavy atom. The molecule has 0 bridgehead atoms. The normalized spacial score (nSPS) is 10.5. The highest BCUT2D eigenvalue weighted by Gasteiger charge is 2.13. The molecule has 2 aromatic rings. The number of methoxy groups -OCH3 is 1. The molecule has 2 aromatic carbocycles. The highest BCUT2D eigenvalue weighted by molar-refractivity contribution is 6.58. The molecule has 0 spiro atoms. The molecule has 0 saturated heterocycles. The molecule has 2 rings (SSSR count). The first-order valence-electron chi connectivity index (χ1n) is 6.45. The van der Waals surface area contributed by atoms with Gasteiger partial charge in [-0.15, -0.1) is 0 Å². The van der Waals surface area contributed by atoms with E-state index in [-0.39, 0.29) is 0 Å². The number of hydrogen-bond donors (Lipinski definition) is 2. The van der Waals surface area contributed by atoms with E-state index in [1.807, 2.05) is 24.3 Å². The van der Waals surface area contributed by atoms with Crippen LogP contribution in [-0.4, -0.2) is 24.3 Å². The lowest BCUT2D eigenvalue weighted by molar-refractivity contribution is 0.105. The molecule has 0 radical (unpaired) electrons. The molecule has 0 atom stereocenters. The van der Waals surface area contributed by atoms with Crippen molar-refractivity contribution < 1.29 is 19.5 Å². The van der Waals surface area contributed by atoms with Crippen LogP contribution in [0, 0.1) is 0 Å². The van der Waals surface area contributed by atoms with Gasteiger partial charge in [-0.2, -0.15) is 0 Å². The maximum atomic E-state index is 9.20. The largest absolute Gasteiger partial charge is 0.496 e. The summed E-state index contributed by atoms with van der Waals surface area (Å²) in [6.45, 7) is 0.749. The zero-order chi connectivity index (χ0) is 15.2. The first-order valence-corrected chi connectivity index (χ1v) is 6.83. The molecular formula is C15H16BClO4. The van der Waals surface area contributed by atoms with Gasteiger partial charge in [0, 0.05) is 10.6 Å². The van der Waals surface area contributed by atoms with E-state index < -0.39 is 7.12 Å². The van der Waals surface area contributed by atoms with E-state index in [4.69, 9.17) is 21.1 Å². The van der Waals surface area contributed by atoms with E-state index >= 15 is 0 Å². The van der Waals surface area contributed by atoms with Crippen LogP contribution in [0.3, 0.4) is 0 Å². The SMILES string of the molecule is COc1ccc(B(O)O)cc1COCc1ccc(Cl)cc1. The third-order valence-electron chi connectivity index (χ3n) is 3.04. The first kappa shape index (κ1) is 15.9. The van der Waals surface area contributed by atoms with Gasteiger partial charge in [-0.05, 0) is 29.2 Å². The zero-order valence-corrected chi connectivity index (χ0v) is 12.4. The highest BCUT2D eigenvalue weighted by atomic mass is 35.5. The molecule has 0 heterocycles. The fourth-order valence-electron chi connectivity index (χ4n) is 1.93. The van der Waals surface area contributed by atoms with Gasteiger partial charge in [-0.25, -0.2) is 0 Å². The van der Waals surface area contributed by atoms with Crippen molar-refractivity contribution in [3.63, 3.8) is 0 Å². The van der Waals surface area contributed by atoms with E-state index in [2.05, 4.69) is 0 Å². The van der Waals surface area contributed by atoms with Gasteiger partial charge in [-0.1, -0.05) is 35.9 Å². The monoisotopic (exact) mass is 306 g/mol. The minimum Gasteiger partial charge on any atom is -0.496 e. The predicted molar refractivity (Wildman–Crippen MR) is 82.8 cm³/mol. The van der Waals surface area contributed by atoms with Gasteiger partial charge in [0.1, 0.15) is 5.75 Å². The van der Waals surface area contributed by atoms with Gasteiger partial charge < -0.3 is 19.5 Å². The molecule has 0 amide bonds. The fourth-order valence-corrected chi connectivity index (χ4v) is 2.06. The Morgan fingerprint density at radius 2 is 1.76 bits per heavy atom. The Labute approximate surface area is 129 Å². The molecule has 0 aromatic heterocycles. The van der Waals surface area contributed by atoms with Gasteiger partial charge in [-0.3, -0.25) is 0 Å². The Bertz CT molecular complexity index is 587. The van der Waals surface area contributed by atoms with E-state index in [0.717, 1.165) is 11.1 Å². The van der Waals surface area contributed by atoms with Gasteiger partial charge >= 0.3 is 7.12 Å². The average Bonchev–Trinajstić information content (AvgIpc) is 2.49. The van der Waals surface area contributed by atoms with E-state index in [0.29, 0.717) is 29.4 Å². The van der Waals surface area contributed by atoms with Gasteiger partial charge in [0.15, 0.2) is 0 Å². The highest BCUT2D eigenvalue weighted by Crippen LogP contribution is 2.18. The molecule has 6 heteroatoms. The molecule has 110 valence electrons. The Balaban J connectivity index is 2.01. The molecule has 0 fully saturated rings. The summed E-state index contributed by atoms with van der Waals surface area (Å²) in [7, 11) is 0.0542. The van der Waals surface area contributed by atoms with Crippen molar-refractivity contribution in [1.29, 1.82) is 0 Å². The van der Waals surface area contributed by atoms with Gasteiger partial charge in [0.2, 0.25) is 0 Å². The van der Waals surface area contributed by atoms with E-state index in [1.165, 1.54) is 0 Å². The Morgan fingerprint density at radius 3 is 2.38 bits per heavy atom. The van der Waals surface area contributed by atoms with Crippen LogP contribution in [0.15, 0.2) is 42.5 Å². The fraction of sp³-hybridized carbons (Fsp3) is 0.200. The Hall–Kier alpha value is -1.53. The van der Waals surface area contributed by atoms with Crippen LogP contribution in [0.5, 0.6) is 5.75 Å². The smallest absolute Gasteiger partial charge is 0.488 e. The maximum absolute atomic E-state index is 9.20. The molecule has 0 saturated carbocycles. The van der Waals surface area contributed by atoms with Crippen LogP contribution < -0.4 is 10.2 Å². The van der Waals surface area contributed by atoms with Gasteiger partial charge in [0.05, 0.1) is 20.3 Å². The van der Waals surface area contributed by atoms with Crippen molar-refractivity contribution in [2.75, 3.05) is 7.11 Å². The van der Waals surface area contributed by atoms with Crippen LogP contribution in [0.25, 0.3) is 0 Å². The summed E-state index contributed by atoms with van der Waals surface area (Å²) in [4.78, 5) is 0. The predicted octanol–water partition coefficient (Wildman–Crippen LogP) is 1.75. The molecule has 0 aliphatic heterocycles. The maximum Gasteiger partial charge on any atom is 0.488 e. The van der Waals surface area contributed by atoms with Crippen molar-refractivity contribution in [3.05, 3.63) is 58.6 Å². The summed E-state index contributed by atoms with van der Waals surface area (Å²) >= 11 is 5.82. The van der Waals surface area contributed by atoms with Crippen LogP contribution in [0.4, 0.5) is 0 Å². The van der Waals surface area contributed by atoms with E-state index in [9.17, 15) is 10.0 Å². The first-order chi connectivity index (χ1) is 10.1. The quantitative estimate of drug-likeness (QED) is 0.798. The third kappa shape index (κ3) is 4.47. The number of halogens is 1. The minimum atomic E-state index is -1.51. The van der Waals surface area contributed by atoms with Crippen molar-refractivity contribution in [1.82, 2.24) is 0 Å². The second-order valence-corrected chi connectivity index (χ2v) is 5.00.